The Morgan fingerprint density at radius 1 is 1.30 bits per heavy atom. The largest absolute Gasteiger partial charge is 0.464 e. The fraction of sp³-hybridized carbons (Fsp3) is 0.588. The van der Waals surface area contributed by atoms with Crippen molar-refractivity contribution in [1.82, 2.24) is 0 Å². The zero-order valence-corrected chi connectivity index (χ0v) is 13.1. The summed E-state index contributed by atoms with van der Waals surface area (Å²) in [5.41, 5.74) is 2.09. The molecule has 110 valence electrons. The van der Waals surface area contributed by atoms with Crippen molar-refractivity contribution in [3.63, 3.8) is 0 Å². The van der Waals surface area contributed by atoms with Gasteiger partial charge in [0.05, 0.1) is 6.61 Å². The van der Waals surface area contributed by atoms with Crippen LogP contribution in [-0.2, 0) is 19.9 Å². The molecule has 3 heteroatoms. The van der Waals surface area contributed by atoms with Crippen molar-refractivity contribution in [3.8, 4) is 0 Å². The molecule has 1 aliphatic heterocycles. The monoisotopic (exact) mass is 276 g/mol. The molecule has 0 radical (unpaired) electrons. The third-order valence-electron chi connectivity index (χ3n) is 4.21. The highest BCUT2D eigenvalue weighted by molar-refractivity contribution is 5.85. The third kappa shape index (κ3) is 2.14. The Bertz CT molecular complexity index is 523. The first-order chi connectivity index (χ1) is 9.41. The molecular weight excluding hydrogens is 252 g/mol. The van der Waals surface area contributed by atoms with Gasteiger partial charge >= 0.3 is 5.97 Å². The van der Waals surface area contributed by atoms with E-state index in [1.54, 1.807) is 0 Å². The third-order valence-corrected chi connectivity index (χ3v) is 4.21. The van der Waals surface area contributed by atoms with E-state index in [4.69, 9.17) is 9.47 Å². The number of carbonyl (C=O) groups excluding carboxylic acids is 1. The lowest BCUT2D eigenvalue weighted by Crippen LogP contribution is -2.33. The molecule has 0 amide bonds. The average Bonchev–Trinajstić information content (AvgIpc) is 2.97. The predicted octanol–water partition coefficient (Wildman–Crippen LogP) is 3.65. The van der Waals surface area contributed by atoms with Crippen molar-refractivity contribution in [1.29, 1.82) is 0 Å². The number of aryl methyl sites for hydroxylation is 2. The van der Waals surface area contributed by atoms with Crippen LogP contribution in [0, 0.1) is 13.8 Å². The molecule has 0 saturated carbocycles. The maximum absolute atomic E-state index is 12.3. The molecular formula is C17H24O3. The van der Waals surface area contributed by atoms with Gasteiger partial charge in [0, 0.05) is 0 Å². The van der Waals surface area contributed by atoms with Crippen LogP contribution in [0.5, 0.6) is 0 Å². The Labute approximate surface area is 121 Å². The van der Waals surface area contributed by atoms with Crippen LogP contribution in [0.1, 0.15) is 50.3 Å². The SMILES string of the molecule is CCCC1(C(=O)OCC)OC1(C)c1ccc(C)cc1C. The van der Waals surface area contributed by atoms with Gasteiger partial charge in [-0.2, -0.15) is 0 Å². The predicted molar refractivity (Wildman–Crippen MR) is 78.6 cm³/mol. The molecule has 1 saturated heterocycles. The summed E-state index contributed by atoms with van der Waals surface area (Å²) < 4.78 is 11.2. The van der Waals surface area contributed by atoms with Crippen LogP contribution >= 0.6 is 0 Å². The normalized spacial score (nSPS) is 28.2. The first kappa shape index (κ1) is 15.0. The lowest BCUT2D eigenvalue weighted by Gasteiger charge is -2.17. The lowest BCUT2D eigenvalue weighted by molar-refractivity contribution is -0.149. The summed E-state index contributed by atoms with van der Waals surface area (Å²) in [6, 6.07) is 6.27. The summed E-state index contributed by atoms with van der Waals surface area (Å²) in [5.74, 6) is -0.232. The second-order valence-corrected chi connectivity index (χ2v) is 5.75. The fourth-order valence-electron chi connectivity index (χ4n) is 3.17. The van der Waals surface area contributed by atoms with E-state index in [2.05, 4.69) is 39.0 Å². The van der Waals surface area contributed by atoms with Gasteiger partial charge in [-0.3, -0.25) is 0 Å². The van der Waals surface area contributed by atoms with Crippen LogP contribution in [0.4, 0.5) is 0 Å². The smallest absolute Gasteiger partial charge is 0.341 e. The van der Waals surface area contributed by atoms with Crippen molar-refractivity contribution >= 4 is 5.97 Å². The Hall–Kier alpha value is -1.35. The topological polar surface area (TPSA) is 38.8 Å². The van der Waals surface area contributed by atoms with Gasteiger partial charge in [0.2, 0.25) is 0 Å². The van der Waals surface area contributed by atoms with Crippen molar-refractivity contribution in [3.05, 3.63) is 34.9 Å². The Morgan fingerprint density at radius 2 is 2.00 bits per heavy atom. The summed E-state index contributed by atoms with van der Waals surface area (Å²) in [6.45, 7) is 10.4. The second-order valence-electron chi connectivity index (χ2n) is 5.75. The van der Waals surface area contributed by atoms with Crippen LogP contribution in [0.3, 0.4) is 0 Å². The molecule has 0 N–H and O–H groups in total. The highest BCUT2D eigenvalue weighted by atomic mass is 16.7. The number of epoxide rings is 1. The molecule has 0 aromatic heterocycles. The van der Waals surface area contributed by atoms with Crippen LogP contribution in [0.15, 0.2) is 18.2 Å². The van der Waals surface area contributed by atoms with Crippen LogP contribution in [0.25, 0.3) is 0 Å². The molecule has 0 bridgehead atoms. The maximum Gasteiger partial charge on any atom is 0.341 e. The summed E-state index contributed by atoms with van der Waals surface area (Å²) >= 11 is 0. The highest BCUT2D eigenvalue weighted by Gasteiger charge is 2.73. The number of hydrogen-bond acceptors (Lipinski definition) is 3. The van der Waals surface area contributed by atoms with Crippen LogP contribution < -0.4 is 0 Å². The van der Waals surface area contributed by atoms with Crippen molar-refractivity contribution in [2.75, 3.05) is 6.61 Å². The van der Waals surface area contributed by atoms with Crippen LogP contribution in [-0.4, -0.2) is 18.2 Å². The van der Waals surface area contributed by atoms with Gasteiger partial charge in [0.15, 0.2) is 5.60 Å². The molecule has 1 aliphatic rings. The zero-order valence-electron chi connectivity index (χ0n) is 13.1. The van der Waals surface area contributed by atoms with E-state index in [0.29, 0.717) is 13.0 Å². The minimum atomic E-state index is -0.808. The minimum Gasteiger partial charge on any atom is -0.464 e. The van der Waals surface area contributed by atoms with Crippen LogP contribution in [0.2, 0.25) is 0 Å². The average molecular weight is 276 g/mol. The number of rotatable bonds is 5. The second kappa shape index (κ2) is 5.21. The quantitative estimate of drug-likeness (QED) is 0.608. The molecule has 1 heterocycles. The molecule has 2 rings (SSSR count). The zero-order chi connectivity index (χ0) is 15.0. The molecule has 0 aliphatic carbocycles. The maximum atomic E-state index is 12.3. The molecule has 0 spiro atoms. The first-order valence-electron chi connectivity index (χ1n) is 7.36. The lowest BCUT2D eigenvalue weighted by atomic mass is 9.82. The molecule has 1 aromatic rings. The number of esters is 1. The van der Waals surface area contributed by atoms with Gasteiger partial charge in [-0.25, -0.2) is 4.79 Å². The van der Waals surface area contributed by atoms with Gasteiger partial charge < -0.3 is 9.47 Å². The van der Waals surface area contributed by atoms with E-state index in [1.165, 1.54) is 5.56 Å². The molecule has 1 aromatic carbocycles. The van der Waals surface area contributed by atoms with Gasteiger partial charge in [0.1, 0.15) is 5.60 Å². The number of benzene rings is 1. The van der Waals surface area contributed by atoms with E-state index in [1.807, 2.05) is 13.8 Å². The molecule has 20 heavy (non-hydrogen) atoms. The molecule has 3 nitrogen and oxygen atoms in total. The summed E-state index contributed by atoms with van der Waals surface area (Å²) in [5, 5.41) is 0. The van der Waals surface area contributed by atoms with E-state index in [9.17, 15) is 4.79 Å². The van der Waals surface area contributed by atoms with E-state index in [-0.39, 0.29) is 5.97 Å². The Balaban J connectivity index is 2.38. The standard InChI is InChI=1S/C17H24O3/c1-6-10-17(15(18)19-7-2)16(5,20-17)14-9-8-12(3)11-13(14)4/h8-9,11H,6-7,10H2,1-5H3. The van der Waals surface area contributed by atoms with Crippen molar-refractivity contribution < 1.29 is 14.3 Å². The van der Waals surface area contributed by atoms with Crippen molar-refractivity contribution in [2.24, 2.45) is 0 Å². The van der Waals surface area contributed by atoms with Gasteiger partial charge in [-0.15, -0.1) is 0 Å². The van der Waals surface area contributed by atoms with Gasteiger partial charge in [-0.05, 0) is 45.2 Å². The number of ether oxygens (including phenoxy) is 2. The number of hydrogen-bond donors (Lipinski definition) is 0. The highest BCUT2D eigenvalue weighted by Crippen LogP contribution is 2.59. The van der Waals surface area contributed by atoms with Gasteiger partial charge in [-0.1, -0.05) is 37.1 Å². The Morgan fingerprint density at radius 3 is 2.55 bits per heavy atom. The number of carbonyl (C=O) groups is 1. The fourth-order valence-corrected chi connectivity index (χ4v) is 3.17. The van der Waals surface area contributed by atoms with E-state index < -0.39 is 11.2 Å². The van der Waals surface area contributed by atoms with Crippen molar-refractivity contribution in [2.45, 2.75) is 58.7 Å². The molecule has 2 unspecified atom stereocenters. The van der Waals surface area contributed by atoms with E-state index >= 15 is 0 Å². The summed E-state index contributed by atoms with van der Waals surface area (Å²) in [7, 11) is 0. The molecule has 1 fully saturated rings. The first-order valence-corrected chi connectivity index (χ1v) is 7.36. The Kier molecular flexibility index (Phi) is 3.92. The summed E-state index contributed by atoms with van der Waals surface area (Å²) in [4.78, 5) is 12.3. The van der Waals surface area contributed by atoms with E-state index in [0.717, 1.165) is 17.5 Å². The summed E-state index contributed by atoms with van der Waals surface area (Å²) in [6.07, 6.45) is 1.58. The van der Waals surface area contributed by atoms with Gasteiger partial charge in [0.25, 0.3) is 0 Å². The molecule has 2 atom stereocenters. The minimum absolute atomic E-state index is 0.232.